The van der Waals surface area contributed by atoms with E-state index in [1.54, 1.807) is 18.7 Å². The van der Waals surface area contributed by atoms with Gasteiger partial charge in [-0.05, 0) is 37.5 Å². The molecule has 126 valence electrons. The van der Waals surface area contributed by atoms with E-state index in [0.29, 0.717) is 23.7 Å². The van der Waals surface area contributed by atoms with Crippen LogP contribution in [0, 0.1) is 6.92 Å². The van der Waals surface area contributed by atoms with Crippen molar-refractivity contribution in [3.8, 4) is 11.1 Å². The molecule has 1 aliphatic rings. The minimum absolute atomic E-state index is 0.0260. The first kappa shape index (κ1) is 16.5. The fourth-order valence-corrected chi connectivity index (χ4v) is 4.12. The van der Waals surface area contributed by atoms with Crippen LogP contribution in [0.4, 0.5) is 10.7 Å². The summed E-state index contributed by atoms with van der Waals surface area (Å²) in [6.45, 7) is 6.28. The maximum atomic E-state index is 12.3. The van der Waals surface area contributed by atoms with Crippen molar-refractivity contribution in [3.05, 3.63) is 34.2 Å². The number of fused-ring (bicyclic) bond motifs is 1. The van der Waals surface area contributed by atoms with Gasteiger partial charge in [0.2, 0.25) is 5.91 Å². The molecule has 24 heavy (non-hydrogen) atoms. The van der Waals surface area contributed by atoms with Crippen LogP contribution in [0.5, 0.6) is 0 Å². The number of hydrogen-bond acceptors (Lipinski definition) is 5. The van der Waals surface area contributed by atoms with Gasteiger partial charge in [0.1, 0.15) is 10.6 Å². The van der Waals surface area contributed by atoms with Crippen LogP contribution in [-0.4, -0.2) is 25.0 Å². The third kappa shape index (κ3) is 2.67. The molecule has 2 N–H and O–H groups in total. The quantitative estimate of drug-likeness (QED) is 0.866. The molecule has 0 saturated heterocycles. The Balaban J connectivity index is 2.13. The molecule has 6 heteroatoms. The van der Waals surface area contributed by atoms with Crippen LogP contribution in [0.15, 0.2) is 18.2 Å². The van der Waals surface area contributed by atoms with Crippen LogP contribution in [-0.2, 0) is 16.0 Å². The second kappa shape index (κ2) is 6.28. The molecule has 0 atom stereocenters. The maximum absolute atomic E-state index is 12.3. The minimum Gasteiger partial charge on any atom is -0.462 e. The third-order valence-electron chi connectivity index (χ3n) is 4.24. The van der Waals surface area contributed by atoms with Crippen molar-refractivity contribution in [1.29, 1.82) is 0 Å². The van der Waals surface area contributed by atoms with Gasteiger partial charge < -0.3 is 15.4 Å². The van der Waals surface area contributed by atoms with Crippen LogP contribution >= 0.6 is 11.3 Å². The van der Waals surface area contributed by atoms with Crippen molar-refractivity contribution < 1.29 is 14.3 Å². The summed E-state index contributed by atoms with van der Waals surface area (Å²) in [4.78, 5) is 26.9. The molecule has 1 aliphatic heterocycles. The molecular formula is C18H20N2O3S. The lowest BCUT2D eigenvalue weighted by Crippen LogP contribution is -2.25. The molecule has 0 aliphatic carbocycles. The van der Waals surface area contributed by atoms with Crippen LogP contribution in [0.25, 0.3) is 11.1 Å². The Hall–Kier alpha value is -2.34. The summed E-state index contributed by atoms with van der Waals surface area (Å²) < 4.78 is 5.16. The first-order valence-electron chi connectivity index (χ1n) is 7.91. The standard InChI is InChI=1S/C18H20N2O3S/c1-4-23-18(22)16-15(10(2)24-17(16)19)13-6-5-12-7-8-20(11(3)21)14(12)9-13/h5-6,9H,4,7-8,19H2,1-3H3. The first-order chi connectivity index (χ1) is 11.4. The number of thiophene rings is 1. The number of esters is 1. The lowest BCUT2D eigenvalue weighted by Gasteiger charge is -2.16. The van der Waals surface area contributed by atoms with E-state index in [-0.39, 0.29) is 5.91 Å². The van der Waals surface area contributed by atoms with E-state index < -0.39 is 5.97 Å². The number of nitrogen functional groups attached to an aromatic ring is 1. The van der Waals surface area contributed by atoms with E-state index in [9.17, 15) is 9.59 Å². The van der Waals surface area contributed by atoms with E-state index in [2.05, 4.69) is 0 Å². The molecule has 0 fully saturated rings. The smallest absolute Gasteiger partial charge is 0.341 e. The molecule has 2 heterocycles. The average Bonchev–Trinajstić information content (AvgIpc) is 3.07. The number of nitrogens with two attached hydrogens (primary N) is 1. The van der Waals surface area contributed by atoms with E-state index in [0.717, 1.165) is 33.7 Å². The zero-order chi connectivity index (χ0) is 17.4. The zero-order valence-corrected chi connectivity index (χ0v) is 14.8. The predicted molar refractivity (Wildman–Crippen MR) is 96.6 cm³/mol. The molecule has 0 bridgehead atoms. The summed E-state index contributed by atoms with van der Waals surface area (Å²) in [7, 11) is 0. The number of carbonyl (C=O) groups excluding carboxylic acids is 2. The van der Waals surface area contributed by atoms with Crippen molar-refractivity contribution in [2.45, 2.75) is 27.2 Å². The maximum Gasteiger partial charge on any atom is 0.341 e. The molecule has 1 amide bonds. The van der Waals surface area contributed by atoms with Crippen molar-refractivity contribution >= 4 is 33.9 Å². The number of anilines is 2. The minimum atomic E-state index is -0.404. The first-order valence-corrected chi connectivity index (χ1v) is 8.73. The van der Waals surface area contributed by atoms with Crippen LogP contribution < -0.4 is 10.6 Å². The highest BCUT2D eigenvalue weighted by Crippen LogP contribution is 2.41. The van der Waals surface area contributed by atoms with Gasteiger partial charge in [0.05, 0.1) is 6.61 Å². The summed E-state index contributed by atoms with van der Waals surface area (Å²) in [6, 6.07) is 5.98. The van der Waals surface area contributed by atoms with Gasteiger partial charge in [-0.1, -0.05) is 12.1 Å². The normalized spacial score (nSPS) is 13.0. The van der Waals surface area contributed by atoms with Gasteiger partial charge in [-0.15, -0.1) is 11.3 Å². The molecule has 2 aromatic rings. The highest BCUT2D eigenvalue weighted by Gasteiger charge is 2.26. The number of nitrogens with zero attached hydrogens (tertiary/aromatic N) is 1. The Labute approximate surface area is 145 Å². The molecule has 3 rings (SSSR count). The Morgan fingerprint density at radius 2 is 2.12 bits per heavy atom. The van der Waals surface area contributed by atoms with Gasteiger partial charge in [0, 0.05) is 29.6 Å². The molecule has 1 aromatic carbocycles. The predicted octanol–water partition coefficient (Wildman–Crippen LogP) is 3.39. The van der Waals surface area contributed by atoms with Crippen molar-refractivity contribution in [2.24, 2.45) is 0 Å². The topological polar surface area (TPSA) is 72.6 Å². The van der Waals surface area contributed by atoms with Gasteiger partial charge in [-0.25, -0.2) is 4.79 Å². The monoisotopic (exact) mass is 344 g/mol. The second-order valence-electron chi connectivity index (χ2n) is 5.76. The Kier molecular flexibility index (Phi) is 4.32. The number of hydrogen-bond donors (Lipinski definition) is 1. The fraction of sp³-hybridized carbons (Fsp3) is 0.333. The second-order valence-corrected chi connectivity index (χ2v) is 7.01. The van der Waals surface area contributed by atoms with Crippen molar-refractivity contribution in [1.82, 2.24) is 0 Å². The van der Waals surface area contributed by atoms with E-state index in [4.69, 9.17) is 10.5 Å². The molecule has 0 spiro atoms. The zero-order valence-electron chi connectivity index (χ0n) is 14.0. The van der Waals surface area contributed by atoms with Gasteiger partial charge in [-0.2, -0.15) is 0 Å². The molecule has 5 nitrogen and oxygen atoms in total. The van der Waals surface area contributed by atoms with Crippen molar-refractivity contribution in [3.63, 3.8) is 0 Å². The van der Waals surface area contributed by atoms with E-state index in [1.165, 1.54) is 11.3 Å². The van der Waals surface area contributed by atoms with Crippen LogP contribution in [0.2, 0.25) is 0 Å². The molecule has 0 unspecified atom stereocenters. The summed E-state index contributed by atoms with van der Waals surface area (Å²) >= 11 is 1.38. The molecular weight excluding hydrogens is 324 g/mol. The highest BCUT2D eigenvalue weighted by molar-refractivity contribution is 7.16. The molecule has 0 saturated carbocycles. The SMILES string of the molecule is CCOC(=O)c1c(N)sc(C)c1-c1ccc2c(c1)N(C(C)=O)CC2. The van der Waals surface area contributed by atoms with Gasteiger partial charge in [-0.3, -0.25) is 4.79 Å². The number of ether oxygens (including phenoxy) is 1. The van der Waals surface area contributed by atoms with Gasteiger partial charge in [0.15, 0.2) is 0 Å². The van der Waals surface area contributed by atoms with E-state index in [1.807, 2.05) is 25.1 Å². The third-order valence-corrected chi connectivity index (χ3v) is 5.18. The average molecular weight is 344 g/mol. The molecule has 1 aromatic heterocycles. The Bertz CT molecular complexity index is 826. The van der Waals surface area contributed by atoms with Crippen LogP contribution in [0.3, 0.4) is 0 Å². The molecule has 0 radical (unpaired) electrons. The summed E-state index contributed by atoms with van der Waals surface area (Å²) in [6.07, 6.45) is 0.852. The number of amides is 1. The lowest BCUT2D eigenvalue weighted by molar-refractivity contribution is -0.116. The Morgan fingerprint density at radius 3 is 2.79 bits per heavy atom. The summed E-state index contributed by atoms with van der Waals surface area (Å²) in [5.74, 6) is -0.378. The summed E-state index contributed by atoms with van der Waals surface area (Å²) in [5.41, 5.74) is 10.2. The van der Waals surface area contributed by atoms with E-state index >= 15 is 0 Å². The Morgan fingerprint density at radius 1 is 1.38 bits per heavy atom. The highest BCUT2D eigenvalue weighted by atomic mass is 32.1. The number of carbonyl (C=O) groups is 2. The summed E-state index contributed by atoms with van der Waals surface area (Å²) in [5, 5.41) is 0.463. The number of rotatable bonds is 3. The number of benzene rings is 1. The fourth-order valence-electron chi connectivity index (χ4n) is 3.18. The van der Waals surface area contributed by atoms with Gasteiger partial charge >= 0.3 is 5.97 Å². The van der Waals surface area contributed by atoms with Gasteiger partial charge in [0.25, 0.3) is 0 Å². The van der Waals surface area contributed by atoms with Crippen molar-refractivity contribution in [2.75, 3.05) is 23.8 Å². The van der Waals surface area contributed by atoms with Crippen LogP contribution in [0.1, 0.15) is 34.6 Å². The largest absolute Gasteiger partial charge is 0.462 e. The number of aryl methyl sites for hydroxylation is 1. The lowest BCUT2D eigenvalue weighted by atomic mass is 9.99.